The van der Waals surface area contributed by atoms with Gasteiger partial charge >= 0.3 is 0 Å². The van der Waals surface area contributed by atoms with E-state index in [1.807, 2.05) is 13.0 Å². The molecule has 0 radical (unpaired) electrons. The number of aliphatic hydroxyl groups is 1. The Morgan fingerprint density at radius 1 is 0.767 bits per heavy atom. The van der Waals surface area contributed by atoms with E-state index in [0.29, 0.717) is 12.7 Å². The van der Waals surface area contributed by atoms with Crippen molar-refractivity contribution in [2.24, 2.45) is 5.92 Å². The minimum absolute atomic E-state index is 0. The molecule has 0 bridgehead atoms. The fourth-order valence-electron chi connectivity index (χ4n) is 3.87. The molecule has 2 atom stereocenters. The topological polar surface area (TPSA) is 46.1 Å². The standard InChI is InChI=1S/C26H53NO2.ClH/c1-5-22-29-26(20-21-27-23-25(4)28)19-17-15-13-11-9-7-6-8-10-12-14-16-18-24(2)3;/h5,24-28H,1,6-23H2,2-4H3;1H. The molecule has 0 spiro atoms. The first-order chi connectivity index (χ1) is 14.1. The fourth-order valence-corrected chi connectivity index (χ4v) is 3.87. The lowest BCUT2D eigenvalue weighted by atomic mass is 10.0. The zero-order valence-electron chi connectivity index (χ0n) is 20.6. The van der Waals surface area contributed by atoms with Gasteiger partial charge in [0.05, 0.1) is 25.4 Å². The van der Waals surface area contributed by atoms with E-state index in [1.165, 1.54) is 83.5 Å². The van der Waals surface area contributed by atoms with Crippen molar-refractivity contribution >= 4 is 0 Å². The van der Waals surface area contributed by atoms with E-state index in [9.17, 15) is 5.11 Å². The van der Waals surface area contributed by atoms with Gasteiger partial charge in [-0.2, -0.15) is 0 Å². The Kier molecular flexibility index (Phi) is 26.9. The van der Waals surface area contributed by atoms with Gasteiger partial charge in [-0.3, -0.25) is 0 Å². The maximum absolute atomic E-state index is 9.34. The van der Waals surface area contributed by atoms with Crippen molar-refractivity contribution in [1.82, 2.24) is 0 Å². The molecule has 0 saturated carbocycles. The number of halogens is 1. The quantitative estimate of drug-likeness (QED) is 0.187. The third-order valence-electron chi connectivity index (χ3n) is 5.71. The van der Waals surface area contributed by atoms with Gasteiger partial charge in [-0.25, -0.2) is 0 Å². The highest BCUT2D eigenvalue weighted by Gasteiger charge is 2.10. The number of aliphatic hydroxyl groups excluding tert-OH is 1. The molecule has 0 heterocycles. The van der Waals surface area contributed by atoms with E-state index in [4.69, 9.17) is 4.74 Å². The maximum Gasteiger partial charge on any atom is 0.102 e. The van der Waals surface area contributed by atoms with Gasteiger partial charge < -0.3 is 27.6 Å². The number of ether oxygens (including phenoxy) is 1. The highest BCUT2D eigenvalue weighted by molar-refractivity contribution is 4.67. The Balaban J connectivity index is 0. The van der Waals surface area contributed by atoms with Gasteiger partial charge in [0, 0.05) is 6.42 Å². The summed E-state index contributed by atoms with van der Waals surface area (Å²) < 4.78 is 5.92. The van der Waals surface area contributed by atoms with Crippen molar-refractivity contribution in [3.63, 3.8) is 0 Å². The van der Waals surface area contributed by atoms with Gasteiger partial charge in [0.15, 0.2) is 0 Å². The van der Waals surface area contributed by atoms with Crippen LogP contribution < -0.4 is 17.7 Å². The molecule has 0 amide bonds. The highest BCUT2D eigenvalue weighted by atomic mass is 35.5. The number of hydrogen-bond donors (Lipinski definition) is 2. The van der Waals surface area contributed by atoms with Crippen molar-refractivity contribution in [2.75, 3.05) is 19.7 Å². The lowest BCUT2D eigenvalue weighted by Crippen LogP contribution is -3.00. The molecule has 3 N–H and O–H groups in total. The minimum Gasteiger partial charge on any atom is -1.00 e. The van der Waals surface area contributed by atoms with Crippen LogP contribution in [0.3, 0.4) is 0 Å². The summed E-state index contributed by atoms with van der Waals surface area (Å²) in [5.74, 6) is 0.875. The molecule has 182 valence electrons. The zero-order chi connectivity index (χ0) is 21.6. The second kappa shape index (κ2) is 25.2. The number of rotatable bonds is 23. The van der Waals surface area contributed by atoms with Crippen LogP contribution in [-0.2, 0) is 4.74 Å². The van der Waals surface area contributed by atoms with Crippen LogP contribution in [0, 0.1) is 5.92 Å². The first kappa shape index (κ1) is 32.1. The molecule has 2 unspecified atom stereocenters. The second-order valence-corrected chi connectivity index (χ2v) is 9.41. The van der Waals surface area contributed by atoms with Crippen molar-refractivity contribution in [3.8, 4) is 0 Å². The summed E-state index contributed by atoms with van der Waals surface area (Å²) in [6.45, 7) is 12.7. The Bertz CT molecular complexity index is 337. The van der Waals surface area contributed by atoms with Crippen molar-refractivity contribution in [1.29, 1.82) is 0 Å². The van der Waals surface area contributed by atoms with Crippen LogP contribution in [0.1, 0.15) is 117 Å². The van der Waals surface area contributed by atoms with Crippen molar-refractivity contribution in [2.45, 2.75) is 129 Å². The summed E-state index contributed by atoms with van der Waals surface area (Å²) in [6.07, 6.45) is 22.4. The number of unbranched alkanes of at least 4 members (excludes halogenated alkanes) is 11. The Morgan fingerprint density at radius 2 is 1.23 bits per heavy atom. The van der Waals surface area contributed by atoms with Gasteiger partial charge in [-0.1, -0.05) is 103 Å². The zero-order valence-corrected chi connectivity index (χ0v) is 21.3. The van der Waals surface area contributed by atoms with Crippen LogP contribution in [-0.4, -0.2) is 37.0 Å². The molecule has 30 heavy (non-hydrogen) atoms. The van der Waals surface area contributed by atoms with Gasteiger partial charge in [0.1, 0.15) is 6.54 Å². The summed E-state index contributed by atoms with van der Waals surface area (Å²) in [7, 11) is 0. The molecule has 4 heteroatoms. The highest BCUT2D eigenvalue weighted by Crippen LogP contribution is 2.15. The smallest absolute Gasteiger partial charge is 0.102 e. The molecular formula is C26H54ClNO2. The van der Waals surface area contributed by atoms with E-state index in [2.05, 4.69) is 25.7 Å². The van der Waals surface area contributed by atoms with Gasteiger partial charge in [0.25, 0.3) is 0 Å². The predicted molar refractivity (Wildman–Crippen MR) is 127 cm³/mol. The maximum atomic E-state index is 9.34. The van der Waals surface area contributed by atoms with E-state index >= 15 is 0 Å². The Morgan fingerprint density at radius 3 is 1.67 bits per heavy atom. The van der Waals surface area contributed by atoms with E-state index in [-0.39, 0.29) is 18.5 Å². The van der Waals surface area contributed by atoms with E-state index < -0.39 is 0 Å². The molecule has 0 fully saturated rings. The number of hydrogen-bond acceptors (Lipinski definition) is 2. The van der Waals surface area contributed by atoms with E-state index in [1.54, 1.807) is 0 Å². The number of nitrogens with two attached hydrogens (primary N) is 1. The Labute approximate surface area is 195 Å². The molecule has 0 rings (SSSR count). The van der Waals surface area contributed by atoms with Crippen LogP contribution in [0.5, 0.6) is 0 Å². The SMILES string of the molecule is C=CCOC(CCCCCCCCCCCCCCC(C)C)CC[NH2+]CC(C)O.[Cl-]. The van der Waals surface area contributed by atoms with Crippen molar-refractivity contribution < 1.29 is 27.6 Å². The number of quaternary nitrogens is 1. The molecule has 0 aliphatic rings. The summed E-state index contributed by atoms with van der Waals surface area (Å²) in [5, 5.41) is 11.5. The average molecular weight is 448 g/mol. The van der Waals surface area contributed by atoms with Crippen LogP contribution in [0.4, 0.5) is 0 Å². The normalized spacial score (nSPS) is 13.2. The average Bonchev–Trinajstić information content (AvgIpc) is 2.68. The molecule has 0 aromatic rings. The third-order valence-corrected chi connectivity index (χ3v) is 5.71. The molecule has 0 saturated heterocycles. The summed E-state index contributed by atoms with van der Waals surface area (Å²) in [6, 6.07) is 0. The molecule has 0 aliphatic carbocycles. The van der Waals surface area contributed by atoms with Crippen LogP contribution in [0.15, 0.2) is 12.7 Å². The van der Waals surface area contributed by atoms with Gasteiger partial charge in [-0.15, -0.1) is 6.58 Å². The van der Waals surface area contributed by atoms with Crippen LogP contribution in [0.2, 0.25) is 0 Å². The lowest BCUT2D eigenvalue weighted by molar-refractivity contribution is -0.661. The first-order valence-corrected chi connectivity index (χ1v) is 12.8. The molecule has 0 aromatic heterocycles. The predicted octanol–water partition coefficient (Wildman–Crippen LogP) is 3.01. The molecule has 0 aromatic carbocycles. The summed E-state index contributed by atoms with van der Waals surface area (Å²) in [4.78, 5) is 0. The van der Waals surface area contributed by atoms with Gasteiger partial charge in [-0.05, 0) is 19.3 Å². The second-order valence-electron chi connectivity index (χ2n) is 9.41. The summed E-state index contributed by atoms with van der Waals surface area (Å²) >= 11 is 0. The largest absolute Gasteiger partial charge is 1.00 e. The van der Waals surface area contributed by atoms with E-state index in [0.717, 1.165) is 31.8 Å². The molecular weight excluding hydrogens is 394 g/mol. The minimum atomic E-state index is -0.225. The third kappa shape index (κ3) is 25.9. The molecule has 3 nitrogen and oxygen atoms in total. The van der Waals surface area contributed by atoms with Crippen molar-refractivity contribution in [3.05, 3.63) is 12.7 Å². The fraction of sp³-hybridized carbons (Fsp3) is 0.923. The molecule has 0 aliphatic heterocycles. The van der Waals surface area contributed by atoms with Crippen LogP contribution >= 0.6 is 0 Å². The Hall–Kier alpha value is -0.0900. The first-order valence-electron chi connectivity index (χ1n) is 12.8. The monoisotopic (exact) mass is 447 g/mol. The van der Waals surface area contributed by atoms with Gasteiger partial charge in [0.2, 0.25) is 0 Å². The summed E-state index contributed by atoms with van der Waals surface area (Å²) in [5.41, 5.74) is 0. The lowest BCUT2D eigenvalue weighted by Gasteiger charge is -2.16. The van der Waals surface area contributed by atoms with Crippen LogP contribution in [0.25, 0.3) is 0 Å².